The Morgan fingerprint density at radius 3 is 2.21 bits per heavy atom. The summed E-state index contributed by atoms with van der Waals surface area (Å²) in [6.07, 6.45) is 2.75. The minimum atomic E-state index is 0.109. The number of thiazole rings is 1. The SMILES string of the molecule is Brc1ccc(-c2csc(NCC3CC3)n2)cc1.O=C(CBr)c1ccc(Br)cc1. The highest BCUT2D eigenvalue weighted by Crippen LogP contribution is 2.30. The third-order valence-corrected chi connectivity index (χ3v) is 6.54. The lowest BCUT2D eigenvalue weighted by molar-refractivity contribution is 0.102. The number of rotatable bonds is 6. The number of ketones is 1. The van der Waals surface area contributed by atoms with E-state index < -0.39 is 0 Å². The highest BCUT2D eigenvalue weighted by molar-refractivity contribution is 9.10. The summed E-state index contributed by atoms with van der Waals surface area (Å²) in [5.41, 5.74) is 2.97. The highest BCUT2D eigenvalue weighted by Gasteiger charge is 2.21. The molecular weight excluding hydrogens is 568 g/mol. The van der Waals surface area contributed by atoms with Crippen molar-refractivity contribution in [3.63, 3.8) is 0 Å². The number of nitrogens with one attached hydrogen (secondary N) is 1. The molecule has 1 heterocycles. The molecule has 0 bridgehead atoms. The van der Waals surface area contributed by atoms with Crippen LogP contribution in [0.4, 0.5) is 5.13 Å². The molecule has 0 unspecified atom stereocenters. The van der Waals surface area contributed by atoms with E-state index in [4.69, 9.17) is 0 Å². The van der Waals surface area contributed by atoms with E-state index in [-0.39, 0.29) is 5.78 Å². The Kier molecular flexibility index (Phi) is 8.26. The van der Waals surface area contributed by atoms with Crippen LogP contribution in [0.2, 0.25) is 0 Å². The lowest BCUT2D eigenvalue weighted by Gasteiger charge is -1.99. The molecule has 4 rings (SSSR count). The van der Waals surface area contributed by atoms with Gasteiger partial charge >= 0.3 is 0 Å². The van der Waals surface area contributed by atoms with Gasteiger partial charge in [-0.3, -0.25) is 4.79 Å². The molecule has 1 aliphatic carbocycles. The van der Waals surface area contributed by atoms with Crippen molar-refractivity contribution in [1.29, 1.82) is 0 Å². The van der Waals surface area contributed by atoms with Gasteiger partial charge in [0.2, 0.25) is 0 Å². The van der Waals surface area contributed by atoms with Gasteiger partial charge in [-0.2, -0.15) is 0 Å². The van der Waals surface area contributed by atoms with E-state index in [1.165, 1.54) is 18.4 Å². The number of hydrogen-bond donors (Lipinski definition) is 1. The van der Waals surface area contributed by atoms with Gasteiger partial charge in [0.25, 0.3) is 0 Å². The van der Waals surface area contributed by atoms with Gasteiger partial charge in [0.1, 0.15) is 0 Å². The van der Waals surface area contributed by atoms with Crippen molar-refractivity contribution >= 4 is 70.0 Å². The lowest BCUT2D eigenvalue weighted by Crippen LogP contribution is -2.02. The van der Waals surface area contributed by atoms with Crippen LogP contribution in [-0.4, -0.2) is 22.6 Å². The molecule has 0 aliphatic heterocycles. The molecule has 1 aromatic heterocycles. The number of aromatic nitrogens is 1. The number of hydrogen-bond acceptors (Lipinski definition) is 4. The fourth-order valence-corrected chi connectivity index (χ4v) is 3.96. The first-order chi connectivity index (χ1) is 13.5. The number of nitrogens with zero attached hydrogens (tertiary/aromatic N) is 1. The Morgan fingerprint density at radius 2 is 1.64 bits per heavy atom. The molecule has 1 N–H and O–H groups in total. The number of anilines is 1. The normalized spacial score (nSPS) is 12.8. The van der Waals surface area contributed by atoms with E-state index in [0.717, 1.165) is 37.8 Å². The van der Waals surface area contributed by atoms with Gasteiger partial charge < -0.3 is 5.32 Å². The van der Waals surface area contributed by atoms with Crippen LogP contribution in [0.5, 0.6) is 0 Å². The van der Waals surface area contributed by atoms with Gasteiger partial charge in [-0.15, -0.1) is 11.3 Å². The summed E-state index contributed by atoms with van der Waals surface area (Å²) in [5, 5.41) is 6.94. The van der Waals surface area contributed by atoms with E-state index in [2.05, 4.69) is 75.6 Å². The lowest BCUT2D eigenvalue weighted by atomic mass is 10.2. The molecule has 7 heteroatoms. The van der Waals surface area contributed by atoms with Crippen LogP contribution >= 0.6 is 59.1 Å². The number of halogens is 3. The van der Waals surface area contributed by atoms with Crippen LogP contribution in [0, 0.1) is 5.92 Å². The predicted octanol–water partition coefficient (Wildman–Crippen LogP) is 7.42. The van der Waals surface area contributed by atoms with Crippen molar-refractivity contribution in [2.24, 2.45) is 5.92 Å². The maximum absolute atomic E-state index is 11.1. The second kappa shape index (κ2) is 10.7. The molecule has 146 valence electrons. The van der Waals surface area contributed by atoms with E-state index in [1.807, 2.05) is 24.3 Å². The molecule has 1 fully saturated rings. The van der Waals surface area contributed by atoms with E-state index in [9.17, 15) is 4.79 Å². The fourth-order valence-electron chi connectivity index (χ4n) is 2.37. The molecule has 0 radical (unpaired) electrons. The zero-order valence-corrected chi connectivity index (χ0v) is 20.6. The summed E-state index contributed by atoms with van der Waals surface area (Å²) in [7, 11) is 0. The Labute approximate surface area is 194 Å². The Hall–Kier alpha value is -1.02. The second-order valence-electron chi connectivity index (χ2n) is 6.43. The zero-order chi connectivity index (χ0) is 19.9. The summed E-state index contributed by atoms with van der Waals surface area (Å²) in [6, 6.07) is 15.6. The third-order valence-electron chi connectivity index (χ3n) is 4.17. The first-order valence-electron chi connectivity index (χ1n) is 8.85. The molecular formula is C21H19Br3N2OS. The number of benzene rings is 2. The van der Waals surface area contributed by atoms with Crippen LogP contribution in [0.3, 0.4) is 0 Å². The van der Waals surface area contributed by atoms with Crippen LogP contribution in [0.1, 0.15) is 23.2 Å². The van der Waals surface area contributed by atoms with Crippen molar-refractivity contribution in [2.45, 2.75) is 12.8 Å². The van der Waals surface area contributed by atoms with Gasteiger partial charge in [-0.1, -0.05) is 72.1 Å². The monoisotopic (exact) mass is 584 g/mol. The summed E-state index contributed by atoms with van der Waals surface area (Å²) in [5.74, 6) is 0.993. The number of Topliss-reactive ketones (excluding diaryl/α,β-unsaturated/α-hetero) is 1. The highest BCUT2D eigenvalue weighted by atomic mass is 79.9. The van der Waals surface area contributed by atoms with Crippen LogP contribution in [0.25, 0.3) is 11.3 Å². The van der Waals surface area contributed by atoms with Gasteiger partial charge in [0.15, 0.2) is 10.9 Å². The second-order valence-corrected chi connectivity index (χ2v) is 9.68. The van der Waals surface area contributed by atoms with Crippen molar-refractivity contribution in [2.75, 3.05) is 17.2 Å². The van der Waals surface area contributed by atoms with Gasteiger partial charge in [0, 0.05) is 32.0 Å². The number of carbonyl (C=O) groups is 1. The third kappa shape index (κ3) is 6.79. The van der Waals surface area contributed by atoms with Crippen molar-refractivity contribution in [1.82, 2.24) is 4.98 Å². The van der Waals surface area contributed by atoms with Gasteiger partial charge in [-0.25, -0.2) is 4.98 Å². The molecule has 0 spiro atoms. The van der Waals surface area contributed by atoms with E-state index >= 15 is 0 Å². The van der Waals surface area contributed by atoms with Crippen molar-refractivity contribution < 1.29 is 4.79 Å². The molecule has 28 heavy (non-hydrogen) atoms. The Morgan fingerprint density at radius 1 is 1.04 bits per heavy atom. The van der Waals surface area contributed by atoms with E-state index in [0.29, 0.717) is 5.33 Å². The number of carbonyl (C=O) groups excluding carboxylic acids is 1. The summed E-state index contributed by atoms with van der Waals surface area (Å²) >= 11 is 11.5. The minimum absolute atomic E-state index is 0.109. The standard InChI is InChI=1S/C13H13BrN2S.C8H6Br2O/c14-11-5-3-10(4-6-11)12-8-17-13(16-12)15-7-9-1-2-9;9-5-8(11)6-1-3-7(10)4-2-6/h3-6,8-9H,1-2,7H2,(H,15,16);1-4H,5H2. The van der Waals surface area contributed by atoms with E-state index in [1.54, 1.807) is 23.5 Å². The Balaban J connectivity index is 0.000000178. The molecule has 0 amide bonds. The molecule has 2 aromatic carbocycles. The average Bonchev–Trinajstić information content (AvgIpc) is 3.43. The molecule has 3 nitrogen and oxygen atoms in total. The van der Waals surface area contributed by atoms with Crippen molar-refractivity contribution in [3.05, 3.63) is 68.4 Å². The van der Waals surface area contributed by atoms with Crippen LogP contribution in [-0.2, 0) is 0 Å². The zero-order valence-electron chi connectivity index (χ0n) is 15.0. The van der Waals surface area contributed by atoms with Crippen molar-refractivity contribution in [3.8, 4) is 11.3 Å². The average molecular weight is 587 g/mol. The molecule has 0 saturated heterocycles. The summed E-state index contributed by atoms with van der Waals surface area (Å²) in [6.45, 7) is 1.08. The first kappa shape index (κ1) is 21.7. The largest absolute Gasteiger partial charge is 0.361 e. The topological polar surface area (TPSA) is 42.0 Å². The van der Waals surface area contributed by atoms with Gasteiger partial charge in [-0.05, 0) is 43.0 Å². The quantitative estimate of drug-likeness (QED) is 0.241. The van der Waals surface area contributed by atoms with Crippen LogP contribution in [0.15, 0.2) is 62.9 Å². The first-order valence-corrected chi connectivity index (χ1v) is 12.4. The molecule has 0 atom stereocenters. The maximum Gasteiger partial charge on any atom is 0.183 e. The summed E-state index contributed by atoms with van der Waals surface area (Å²) in [4.78, 5) is 15.7. The molecule has 1 saturated carbocycles. The smallest absolute Gasteiger partial charge is 0.183 e. The Bertz CT molecular complexity index is 906. The van der Waals surface area contributed by atoms with Gasteiger partial charge in [0.05, 0.1) is 11.0 Å². The fraction of sp³-hybridized carbons (Fsp3) is 0.238. The number of alkyl halides is 1. The predicted molar refractivity (Wildman–Crippen MR) is 129 cm³/mol. The molecule has 1 aliphatic rings. The molecule has 3 aromatic rings. The summed E-state index contributed by atoms with van der Waals surface area (Å²) < 4.78 is 2.09. The van der Waals surface area contributed by atoms with Crippen LogP contribution < -0.4 is 5.32 Å². The maximum atomic E-state index is 11.1. The minimum Gasteiger partial charge on any atom is -0.361 e.